The summed E-state index contributed by atoms with van der Waals surface area (Å²) in [6.45, 7) is 9.33. The van der Waals surface area contributed by atoms with Gasteiger partial charge < -0.3 is 5.32 Å². The highest BCUT2D eigenvalue weighted by molar-refractivity contribution is 4.98. The Balaban J connectivity index is 2.03. The molecule has 0 amide bonds. The van der Waals surface area contributed by atoms with Crippen molar-refractivity contribution in [3.05, 3.63) is 0 Å². The Hall–Kier alpha value is -0.0400. The summed E-state index contributed by atoms with van der Waals surface area (Å²) in [6, 6.07) is 0. The molecule has 2 rings (SSSR count). The maximum atomic E-state index is 3.86. The molecule has 0 aromatic rings. The van der Waals surface area contributed by atoms with E-state index in [-0.39, 0.29) is 5.54 Å². The molecule has 0 heterocycles. The Kier molecular flexibility index (Phi) is 2.87. The lowest BCUT2D eigenvalue weighted by molar-refractivity contribution is 0.0808. The molecular weight excluding hydrogens is 182 g/mol. The van der Waals surface area contributed by atoms with Gasteiger partial charge >= 0.3 is 0 Å². The lowest BCUT2D eigenvalue weighted by Gasteiger charge is -2.48. The summed E-state index contributed by atoms with van der Waals surface area (Å²) >= 11 is 0. The molecular formula is C14H27N. The van der Waals surface area contributed by atoms with E-state index >= 15 is 0 Å². The molecule has 2 unspecified atom stereocenters. The largest absolute Gasteiger partial charge is 0.307 e. The maximum absolute atomic E-state index is 3.86. The minimum absolute atomic E-state index is 0.264. The van der Waals surface area contributed by atoms with Crippen LogP contribution in [0.15, 0.2) is 0 Å². The highest BCUT2D eigenvalue weighted by Crippen LogP contribution is 2.44. The van der Waals surface area contributed by atoms with Gasteiger partial charge in [0.05, 0.1) is 0 Å². The van der Waals surface area contributed by atoms with E-state index in [4.69, 9.17) is 0 Å². The van der Waals surface area contributed by atoms with Gasteiger partial charge in [0.15, 0.2) is 0 Å². The first-order valence-electron chi connectivity index (χ1n) is 6.66. The third-order valence-corrected chi connectivity index (χ3v) is 4.05. The molecule has 2 aliphatic carbocycles. The zero-order valence-electron chi connectivity index (χ0n) is 10.9. The highest BCUT2D eigenvalue weighted by atomic mass is 15.0. The van der Waals surface area contributed by atoms with Crippen molar-refractivity contribution in [2.24, 2.45) is 11.8 Å². The van der Waals surface area contributed by atoms with Gasteiger partial charge in [0.1, 0.15) is 0 Å². The second-order valence-electron chi connectivity index (χ2n) is 7.24. The summed E-state index contributed by atoms with van der Waals surface area (Å²) in [6.07, 6.45) is 8.78. The highest BCUT2D eigenvalue weighted by Gasteiger charge is 2.40. The van der Waals surface area contributed by atoms with Gasteiger partial charge in [-0.1, -0.05) is 19.3 Å². The summed E-state index contributed by atoms with van der Waals surface area (Å²) in [5, 5.41) is 3.86. The van der Waals surface area contributed by atoms with Crippen molar-refractivity contribution in [1.29, 1.82) is 0 Å². The molecule has 1 N–H and O–H groups in total. The lowest BCUT2D eigenvalue weighted by atomic mass is 9.65. The van der Waals surface area contributed by atoms with E-state index < -0.39 is 0 Å². The van der Waals surface area contributed by atoms with Gasteiger partial charge in [0.25, 0.3) is 0 Å². The maximum Gasteiger partial charge on any atom is 0.0163 e. The van der Waals surface area contributed by atoms with Crippen molar-refractivity contribution >= 4 is 0 Å². The fourth-order valence-corrected chi connectivity index (χ4v) is 4.14. The van der Waals surface area contributed by atoms with Crippen LogP contribution in [0.3, 0.4) is 0 Å². The summed E-state index contributed by atoms with van der Waals surface area (Å²) in [7, 11) is 0. The Bertz CT molecular complexity index is 214. The van der Waals surface area contributed by atoms with Crippen LogP contribution in [0.2, 0.25) is 0 Å². The molecule has 2 fully saturated rings. The van der Waals surface area contributed by atoms with E-state index in [0.717, 1.165) is 11.8 Å². The molecule has 2 bridgehead atoms. The van der Waals surface area contributed by atoms with E-state index in [9.17, 15) is 0 Å². The SMILES string of the molecule is CC(C)(C)NC1(C)CC2CCCC(C2)C1. The minimum Gasteiger partial charge on any atom is -0.307 e. The standard InChI is InChI=1S/C14H27N/c1-13(2,3)15-14(4)9-11-6-5-7-12(8-11)10-14/h11-12,15H,5-10H2,1-4H3. The zero-order valence-corrected chi connectivity index (χ0v) is 10.9. The molecule has 0 aromatic heterocycles. The van der Waals surface area contributed by atoms with E-state index in [1.165, 1.54) is 38.5 Å². The molecule has 15 heavy (non-hydrogen) atoms. The third kappa shape index (κ3) is 2.96. The average molecular weight is 209 g/mol. The number of nitrogens with one attached hydrogen (secondary N) is 1. The minimum atomic E-state index is 0.264. The predicted octanol–water partition coefficient (Wildman–Crippen LogP) is 3.73. The van der Waals surface area contributed by atoms with Crippen LogP contribution in [-0.2, 0) is 0 Å². The fourth-order valence-electron chi connectivity index (χ4n) is 4.14. The quantitative estimate of drug-likeness (QED) is 0.694. The Labute approximate surface area is 95.0 Å². The van der Waals surface area contributed by atoms with Gasteiger partial charge in [0, 0.05) is 11.1 Å². The smallest absolute Gasteiger partial charge is 0.0163 e. The van der Waals surface area contributed by atoms with Crippen LogP contribution in [0.4, 0.5) is 0 Å². The second-order valence-corrected chi connectivity index (χ2v) is 7.24. The molecule has 2 saturated carbocycles. The Morgan fingerprint density at radius 3 is 2.07 bits per heavy atom. The first-order valence-corrected chi connectivity index (χ1v) is 6.66. The van der Waals surface area contributed by atoms with Crippen LogP contribution in [0.1, 0.15) is 66.2 Å². The van der Waals surface area contributed by atoms with Crippen LogP contribution in [0, 0.1) is 11.8 Å². The molecule has 0 saturated heterocycles. The molecule has 88 valence electrons. The number of rotatable bonds is 1. The van der Waals surface area contributed by atoms with Crippen molar-refractivity contribution in [3.8, 4) is 0 Å². The molecule has 1 heteroatoms. The van der Waals surface area contributed by atoms with Crippen LogP contribution < -0.4 is 5.32 Å². The normalized spacial score (nSPS) is 41.6. The summed E-state index contributed by atoms with van der Waals surface area (Å²) < 4.78 is 0. The van der Waals surface area contributed by atoms with Crippen molar-refractivity contribution in [2.75, 3.05) is 0 Å². The second kappa shape index (κ2) is 3.76. The molecule has 0 radical (unpaired) electrons. The molecule has 2 atom stereocenters. The van der Waals surface area contributed by atoms with Gasteiger partial charge in [-0.05, 0) is 58.8 Å². The molecule has 2 aliphatic rings. The zero-order chi connectivity index (χ0) is 11.1. The molecule has 0 spiro atoms. The van der Waals surface area contributed by atoms with Crippen molar-refractivity contribution in [1.82, 2.24) is 5.32 Å². The van der Waals surface area contributed by atoms with Crippen molar-refractivity contribution in [2.45, 2.75) is 77.3 Å². The lowest BCUT2D eigenvalue weighted by Crippen LogP contribution is -2.56. The first-order chi connectivity index (χ1) is 6.86. The first kappa shape index (κ1) is 11.4. The molecule has 0 aliphatic heterocycles. The number of fused-ring (bicyclic) bond motifs is 2. The Morgan fingerprint density at radius 1 is 1.07 bits per heavy atom. The summed E-state index contributed by atoms with van der Waals surface area (Å²) in [5.41, 5.74) is 0.673. The number of hydrogen-bond acceptors (Lipinski definition) is 1. The number of hydrogen-bond donors (Lipinski definition) is 1. The van der Waals surface area contributed by atoms with Crippen LogP contribution >= 0.6 is 0 Å². The fraction of sp³-hybridized carbons (Fsp3) is 1.00. The molecule has 0 aromatic carbocycles. The third-order valence-electron chi connectivity index (χ3n) is 4.05. The average Bonchev–Trinajstić information content (AvgIpc) is 1.97. The van der Waals surface area contributed by atoms with Crippen molar-refractivity contribution in [3.63, 3.8) is 0 Å². The van der Waals surface area contributed by atoms with Crippen molar-refractivity contribution < 1.29 is 0 Å². The van der Waals surface area contributed by atoms with Gasteiger partial charge in [-0.2, -0.15) is 0 Å². The predicted molar refractivity (Wildman–Crippen MR) is 66.0 cm³/mol. The van der Waals surface area contributed by atoms with Gasteiger partial charge in [0.2, 0.25) is 0 Å². The van der Waals surface area contributed by atoms with E-state index in [1.807, 2.05) is 0 Å². The van der Waals surface area contributed by atoms with Crippen LogP contribution in [-0.4, -0.2) is 11.1 Å². The van der Waals surface area contributed by atoms with E-state index in [0.29, 0.717) is 5.54 Å². The van der Waals surface area contributed by atoms with E-state index in [1.54, 1.807) is 0 Å². The summed E-state index contributed by atoms with van der Waals surface area (Å²) in [5.74, 6) is 2.02. The Morgan fingerprint density at radius 2 is 1.60 bits per heavy atom. The molecule has 1 nitrogen and oxygen atoms in total. The monoisotopic (exact) mass is 209 g/mol. The summed E-state index contributed by atoms with van der Waals surface area (Å²) in [4.78, 5) is 0. The van der Waals surface area contributed by atoms with Crippen LogP contribution in [0.25, 0.3) is 0 Å². The van der Waals surface area contributed by atoms with Gasteiger partial charge in [-0.25, -0.2) is 0 Å². The topological polar surface area (TPSA) is 12.0 Å². The van der Waals surface area contributed by atoms with Gasteiger partial charge in [-0.3, -0.25) is 0 Å². The van der Waals surface area contributed by atoms with Crippen LogP contribution in [0.5, 0.6) is 0 Å². The van der Waals surface area contributed by atoms with E-state index in [2.05, 4.69) is 33.0 Å². The van der Waals surface area contributed by atoms with Gasteiger partial charge in [-0.15, -0.1) is 0 Å².